The van der Waals surface area contributed by atoms with Gasteiger partial charge in [0.25, 0.3) is 0 Å². The summed E-state index contributed by atoms with van der Waals surface area (Å²) in [5.41, 5.74) is 1.41. The van der Waals surface area contributed by atoms with Crippen LogP contribution in [-0.2, 0) is 6.54 Å². The van der Waals surface area contributed by atoms with E-state index in [1.54, 1.807) is 18.3 Å². The second-order valence-electron chi connectivity index (χ2n) is 3.48. The number of para-hydroxylation sites is 1. The van der Waals surface area contributed by atoms with Crippen LogP contribution in [0, 0.1) is 0 Å². The van der Waals surface area contributed by atoms with Crippen LogP contribution < -0.4 is 10.7 Å². The zero-order chi connectivity index (χ0) is 10.3. The largest absolute Gasteiger partial charge is 0.456 e. The summed E-state index contributed by atoms with van der Waals surface area (Å²) in [7, 11) is 0. The maximum atomic E-state index is 12.0. The Hall–Kier alpha value is -2.03. The highest BCUT2D eigenvalue weighted by Gasteiger charge is 2.13. The highest BCUT2D eigenvalue weighted by atomic mass is 16.3. The van der Waals surface area contributed by atoms with E-state index in [1.807, 2.05) is 18.2 Å². The maximum Gasteiger partial charge on any atom is 0.198 e. The second kappa shape index (κ2) is 2.98. The minimum atomic E-state index is 0.0590. The van der Waals surface area contributed by atoms with E-state index < -0.39 is 0 Å². The summed E-state index contributed by atoms with van der Waals surface area (Å²) in [5.74, 6) is 0.664. The molecule has 1 aromatic carbocycles. The van der Waals surface area contributed by atoms with Crippen LogP contribution in [0.2, 0.25) is 0 Å². The molecule has 0 unspecified atom stereocenters. The van der Waals surface area contributed by atoms with E-state index in [4.69, 9.17) is 4.42 Å². The van der Waals surface area contributed by atoms with Gasteiger partial charge in [-0.2, -0.15) is 0 Å². The van der Waals surface area contributed by atoms with Crippen molar-refractivity contribution in [2.45, 2.75) is 6.54 Å². The Morgan fingerprint density at radius 2 is 2.13 bits per heavy atom. The van der Waals surface area contributed by atoms with Crippen LogP contribution in [0.25, 0.3) is 17.0 Å². The number of fused-ring (bicyclic) bond motifs is 2. The average Bonchev–Trinajstić information content (AvgIpc) is 2.30. The molecule has 1 aliphatic heterocycles. The lowest BCUT2D eigenvalue weighted by atomic mass is 10.1. The minimum absolute atomic E-state index is 0.0590. The molecule has 2 aromatic rings. The van der Waals surface area contributed by atoms with Crippen molar-refractivity contribution in [3.8, 4) is 0 Å². The molecule has 2 heterocycles. The SMILES string of the molecule is O=c1c2c(oc3ccccc13)C=CNC2. The first-order valence-corrected chi connectivity index (χ1v) is 4.81. The fourth-order valence-electron chi connectivity index (χ4n) is 1.80. The van der Waals surface area contributed by atoms with E-state index in [1.165, 1.54) is 0 Å². The van der Waals surface area contributed by atoms with Gasteiger partial charge in [0.15, 0.2) is 5.43 Å². The van der Waals surface area contributed by atoms with Gasteiger partial charge in [-0.25, -0.2) is 0 Å². The van der Waals surface area contributed by atoms with Gasteiger partial charge in [-0.1, -0.05) is 12.1 Å². The van der Waals surface area contributed by atoms with Gasteiger partial charge in [-0.15, -0.1) is 0 Å². The number of rotatable bonds is 0. The number of hydrogen-bond donors (Lipinski definition) is 1. The van der Waals surface area contributed by atoms with Crippen LogP contribution >= 0.6 is 0 Å². The molecular weight excluding hydrogens is 190 g/mol. The summed E-state index contributed by atoms with van der Waals surface area (Å²) < 4.78 is 5.64. The highest BCUT2D eigenvalue weighted by molar-refractivity contribution is 5.78. The van der Waals surface area contributed by atoms with Gasteiger partial charge in [0.05, 0.1) is 10.9 Å². The molecule has 15 heavy (non-hydrogen) atoms. The Kier molecular flexibility index (Phi) is 1.65. The standard InChI is InChI=1S/C12H9NO2/c14-12-8-3-1-2-4-10(8)15-11-5-6-13-7-9(11)12/h1-6,13H,7H2. The van der Waals surface area contributed by atoms with Gasteiger partial charge < -0.3 is 9.73 Å². The summed E-state index contributed by atoms with van der Waals surface area (Å²) >= 11 is 0. The Labute approximate surface area is 86.0 Å². The first-order valence-electron chi connectivity index (χ1n) is 4.81. The lowest BCUT2D eigenvalue weighted by Crippen LogP contribution is -2.20. The van der Waals surface area contributed by atoms with Gasteiger partial charge in [0, 0.05) is 12.7 Å². The third-order valence-corrected chi connectivity index (χ3v) is 2.55. The van der Waals surface area contributed by atoms with Crippen molar-refractivity contribution < 1.29 is 4.42 Å². The van der Waals surface area contributed by atoms with Crippen LogP contribution in [-0.4, -0.2) is 0 Å². The number of nitrogens with one attached hydrogen (secondary N) is 1. The molecule has 0 fully saturated rings. The first kappa shape index (κ1) is 8.29. The molecule has 0 saturated carbocycles. The van der Waals surface area contributed by atoms with E-state index in [0.717, 1.165) is 0 Å². The predicted octanol–water partition coefficient (Wildman–Crippen LogP) is 1.87. The van der Waals surface area contributed by atoms with E-state index in [-0.39, 0.29) is 5.43 Å². The fraction of sp³-hybridized carbons (Fsp3) is 0.0833. The van der Waals surface area contributed by atoms with Gasteiger partial charge in [0.2, 0.25) is 0 Å². The predicted molar refractivity (Wildman–Crippen MR) is 58.4 cm³/mol. The molecule has 0 radical (unpaired) electrons. The highest BCUT2D eigenvalue weighted by Crippen LogP contribution is 2.18. The summed E-state index contributed by atoms with van der Waals surface area (Å²) in [4.78, 5) is 12.0. The Balaban J connectivity index is 2.48. The zero-order valence-electron chi connectivity index (χ0n) is 7.99. The summed E-state index contributed by atoms with van der Waals surface area (Å²) in [6, 6.07) is 7.31. The number of benzene rings is 1. The van der Waals surface area contributed by atoms with Gasteiger partial charge >= 0.3 is 0 Å². The Morgan fingerprint density at radius 3 is 3.07 bits per heavy atom. The van der Waals surface area contributed by atoms with Crippen LogP contribution in [0.15, 0.2) is 39.7 Å². The van der Waals surface area contributed by atoms with Crippen LogP contribution in [0.4, 0.5) is 0 Å². The average molecular weight is 199 g/mol. The molecule has 3 rings (SSSR count). The van der Waals surface area contributed by atoms with Crippen LogP contribution in [0.5, 0.6) is 0 Å². The Bertz CT molecular complexity index is 611. The van der Waals surface area contributed by atoms with Crippen molar-refractivity contribution in [2.24, 2.45) is 0 Å². The van der Waals surface area contributed by atoms with Crippen molar-refractivity contribution in [3.63, 3.8) is 0 Å². The molecule has 0 saturated heterocycles. The molecular formula is C12H9NO2. The summed E-state index contributed by atoms with van der Waals surface area (Å²) in [6.45, 7) is 0.541. The van der Waals surface area contributed by atoms with Crippen molar-refractivity contribution in [2.75, 3.05) is 0 Å². The molecule has 0 amide bonds. The third kappa shape index (κ3) is 1.16. The van der Waals surface area contributed by atoms with Crippen molar-refractivity contribution >= 4 is 17.0 Å². The molecule has 3 nitrogen and oxygen atoms in total. The molecule has 0 bridgehead atoms. The molecule has 74 valence electrons. The molecule has 1 N–H and O–H groups in total. The lowest BCUT2D eigenvalue weighted by Gasteiger charge is -2.10. The van der Waals surface area contributed by atoms with Gasteiger partial charge in [0.1, 0.15) is 11.3 Å². The lowest BCUT2D eigenvalue weighted by molar-refractivity contribution is 0.571. The smallest absolute Gasteiger partial charge is 0.198 e. The monoisotopic (exact) mass is 199 g/mol. The Morgan fingerprint density at radius 1 is 1.27 bits per heavy atom. The zero-order valence-corrected chi connectivity index (χ0v) is 7.99. The van der Waals surface area contributed by atoms with Crippen molar-refractivity contribution in [1.29, 1.82) is 0 Å². The molecule has 0 aliphatic carbocycles. The molecule has 3 heteroatoms. The summed E-state index contributed by atoms with van der Waals surface area (Å²) in [6.07, 6.45) is 3.58. The fourth-order valence-corrected chi connectivity index (χ4v) is 1.80. The summed E-state index contributed by atoms with van der Waals surface area (Å²) in [5, 5.41) is 3.65. The number of hydrogen-bond acceptors (Lipinski definition) is 3. The van der Waals surface area contributed by atoms with Gasteiger partial charge in [-0.3, -0.25) is 4.79 Å². The van der Waals surface area contributed by atoms with E-state index in [9.17, 15) is 4.79 Å². The third-order valence-electron chi connectivity index (χ3n) is 2.55. The first-order chi connectivity index (χ1) is 7.36. The van der Waals surface area contributed by atoms with E-state index in [0.29, 0.717) is 28.8 Å². The normalized spacial score (nSPS) is 13.6. The molecule has 1 aromatic heterocycles. The van der Waals surface area contributed by atoms with Crippen LogP contribution in [0.1, 0.15) is 11.3 Å². The van der Waals surface area contributed by atoms with Crippen molar-refractivity contribution in [3.05, 3.63) is 52.0 Å². The quantitative estimate of drug-likeness (QED) is 0.704. The van der Waals surface area contributed by atoms with Crippen molar-refractivity contribution in [1.82, 2.24) is 5.32 Å². The molecule has 0 spiro atoms. The van der Waals surface area contributed by atoms with E-state index >= 15 is 0 Å². The van der Waals surface area contributed by atoms with Gasteiger partial charge in [-0.05, 0) is 18.2 Å². The second-order valence-corrected chi connectivity index (χ2v) is 3.48. The minimum Gasteiger partial charge on any atom is -0.456 e. The van der Waals surface area contributed by atoms with E-state index in [2.05, 4.69) is 5.32 Å². The maximum absolute atomic E-state index is 12.0. The topological polar surface area (TPSA) is 42.2 Å². The molecule has 0 atom stereocenters. The molecule has 1 aliphatic rings. The van der Waals surface area contributed by atoms with Crippen LogP contribution in [0.3, 0.4) is 0 Å².